The van der Waals surface area contributed by atoms with Crippen molar-refractivity contribution >= 4 is 17.5 Å². The molecule has 0 aromatic heterocycles. The van der Waals surface area contributed by atoms with E-state index in [9.17, 15) is 19.6 Å². The summed E-state index contributed by atoms with van der Waals surface area (Å²) in [4.78, 5) is 34.6. The Kier molecular flexibility index (Phi) is 7.14. The maximum absolute atomic E-state index is 12.4. The van der Waals surface area contributed by atoms with Crippen molar-refractivity contribution in [2.24, 2.45) is 0 Å². The molecule has 6 nitrogen and oxygen atoms in total. The average Bonchev–Trinajstić information content (AvgIpc) is 2.83. The van der Waals surface area contributed by atoms with Gasteiger partial charge in [-0.15, -0.1) is 0 Å². The number of Topliss-reactive ketones (excluding diaryl/α,β-unsaturated/α-hetero) is 2. The summed E-state index contributed by atoms with van der Waals surface area (Å²) < 4.78 is 5.87. The zero-order valence-electron chi connectivity index (χ0n) is 17.2. The van der Waals surface area contributed by atoms with Crippen LogP contribution < -0.4 is 4.74 Å². The van der Waals surface area contributed by atoms with Crippen molar-refractivity contribution in [3.05, 3.63) is 102 Å². The lowest BCUT2D eigenvalue weighted by atomic mass is 9.73. The van der Waals surface area contributed by atoms with E-state index in [4.69, 9.17) is 9.84 Å². The quantitative estimate of drug-likeness (QED) is 0.295. The molecule has 0 aliphatic carbocycles. The zero-order chi connectivity index (χ0) is 23.0. The summed E-state index contributed by atoms with van der Waals surface area (Å²) in [5, 5.41) is 19.0. The molecule has 3 aromatic carbocycles. The van der Waals surface area contributed by atoms with Gasteiger partial charge in [-0.3, -0.25) is 9.59 Å². The maximum Gasteiger partial charge on any atom is 0.372 e. The van der Waals surface area contributed by atoms with Crippen LogP contribution in [0.4, 0.5) is 0 Å². The second kappa shape index (κ2) is 10.2. The maximum atomic E-state index is 12.4. The van der Waals surface area contributed by atoms with Crippen molar-refractivity contribution in [2.45, 2.75) is 18.3 Å². The highest BCUT2D eigenvalue weighted by Crippen LogP contribution is 2.35. The lowest BCUT2D eigenvalue weighted by Crippen LogP contribution is -2.28. The fourth-order valence-electron chi connectivity index (χ4n) is 3.54. The first kappa shape index (κ1) is 22.4. The molecule has 0 radical (unpaired) electrons. The van der Waals surface area contributed by atoms with Gasteiger partial charge in [-0.1, -0.05) is 72.8 Å². The summed E-state index contributed by atoms with van der Waals surface area (Å²) in [6.07, 6.45) is -0.431. The molecule has 32 heavy (non-hydrogen) atoms. The molecule has 160 valence electrons. The van der Waals surface area contributed by atoms with Crippen LogP contribution in [0.5, 0.6) is 5.75 Å². The molecular weight excluding hydrogens is 406 g/mol. The third-order valence-corrected chi connectivity index (χ3v) is 5.21. The van der Waals surface area contributed by atoms with E-state index in [0.717, 1.165) is 11.1 Å². The van der Waals surface area contributed by atoms with E-state index in [-0.39, 0.29) is 17.9 Å². The number of hydrogen-bond acceptors (Lipinski definition) is 5. The highest BCUT2D eigenvalue weighted by Gasteiger charge is 2.34. The Labute approximate surface area is 185 Å². The van der Waals surface area contributed by atoms with Crippen molar-refractivity contribution in [1.82, 2.24) is 0 Å². The van der Waals surface area contributed by atoms with E-state index < -0.39 is 29.4 Å². The first-order valence-corrected chi connectivity index (χ1v) is 10.0. The van der Waals surface area contributed by atoms with E-state index in [1.807, 2.05) is 60.7 Å². The van der Waals surface area contributed by atoms with E-state index in [0.29, 0.717) is 6.42 Å². The second-order valence-electron chi connectivity index (χ2n) is 7.17. The predicted octanol–water partition coefficient (Wildman–Crippen LogP) is 4.19. The topological polar surface area (TPSA) is 104 Å². The molecule has 3 rings (SSSR count). The van der Waals surface area contributed by atoms with Gasteiger partial charge in [0.2, 0.25) is 5.78 Å². The van der Waals surface area contributed by atoms with Crippen LogP contribution in [0.3, 0.4) is 0 Å². The molecule has 0 saturated heterocycles. The van der Waals surface area contributed by atoms with Gasteiger partial charge in [0.25, 0.3) is 0 Å². The van der Waals surface area contributed by atoms with Gasteiger partial charge in [-0.05, 0) is 23.3 Å². The minimum Gasteiger partial charge on any atom is -0.493 e. The monoisotopic (exact) mass is 427 g/mol. The summed E-state index contributed by atoms with van der Waals surface area (Å²) in [6, 6.07) is 27.6. The van der Waals surface area contributed by atoms with Crippen LogP contribution in [0.2, 0.25) is 0 Å². The smallest absolute Gasteiger partial charge is 0.372 e. The van der Waals surface area contributed by atoms with Crippen LogP contribution in [0.25, 0.3) is 0 Å². The van der Waals surface area contributed by atoms with Crippen LogP contribution in [0, 0.1) is 11.3 Å². The minimum atomic E-state index is -1.65. The molecule has 0 atom stereocenters. The summed E-state index contributed by atoms with van der Waals surface area (Å²) >= 11 is 0. The lowest BCUT2D eigenvalue weighted by Gasteiger charge is -2.28. The standard InChI is InChI=1S/C26H21NO5/c27-18-26(19-9-3-1-4-10-19,20-11-5-2-6-12-20)15-16-32-24-14-8-7-13-21(24)22(28)17-23(29)25(30)31/h1-14H,15-17H2,(H,30,31). The number of carbonyl (C=O) groups is 3. The van der Waals surface area contributed by atoms with Gasteiger partial charge in [0.15, 0.2) is 5.78 Å². The second-order valence-corrected chi connectivity index (χ2v) is 7.17. The minimum absolute atomic E-state index is 0.120. The number of rotatable bonds is 10. The van der Waals surface area contributed by atoms with Gasteiger partial charge in [-0.2, -0.15) is 5.26 Å². The summed E-state index contributed by atoms with van der Waals surface area (Å²) in [7, 11) is 0. The van der Waals surface area contributed by atoms with Crippen LogP contribution in [0.15, 0.2) is 84.9 Å². The average molecular weight is 427 g/mol. The molecule has 0 amide bonds. The number of benzene rings is 3. The molecule has 0 unspecified atom stereocenters. The highest BCUT2D eigenvalue weighted by atomic mass is 16.5. The number of carboxylic acids is 1. The molecule has 0 fully saturated rings. The lowest BCUT2D eigenvalue weighted by molar-refractivity contribution is -0.148. The number of ketones is 2. The van der Waals surface area contributed by atoms with Gasteiger partial charge in [0, 0.05) is 6.42 Å². The molecule has 0 aliphatic rings. The van der Waals surface area contributed by atoms with Crippen LogP contribution in [0.1, 0.15) is 34.3 Å². The van der Waals surface area contributed by atoms with Crippen molar-refractivity contribution in [3.8, 4) is 11.8 Å². The van der Waals surface area contributed by atoms with E-state index in [1.165, 1.54) is 6.07 Å². The molecule has 0 saturated carbocycles. The fourth-order valence-corrected chi connectivity index (χ4v) is 3.54. The number of para-hydroxylation sites is 1. The Balaban J connectivity index is 1.84. The number of hydrogen-bond donors (Lipinski definition) is 1. The molecule has 0 spiro atoms. The van der Waals surface area contributed by atoms with Crippen molar-refractivity contribution in [1.29, 1.82) is 5.26 Å². The molecule has 0 aliphatic heterocycles. The van der Waals surface area contributed by atoms with Crippen LogP contribution >= 0.6 is 0 Å². The van der Waals surface area contributed by atoms with Crippen LogP contribution in [-0.2, 0) is 15.0 Å². The molecule has 0 bridgehead atoms. The summed E-state index contributed by atoms with van der Waals surface area (Å²) in [6.45, 7) is 0.120. The largest absolute Gasteiger partial charge is 0.493 e. The summed E-state index contributed by atoms with van der Waals surface area (Å²) in [5.74, 6) is -3.22. The van der Waals surface area contributed by atoms with Crippen LogP contribution in [-0.4, -0.2) is 29.2 Å². The van der Waals surface area contributed by atoms with Gasteiger partial charge in [0.05, 0.1) is 24.7 Å². The zero-order valence-corrected chi connectivity index (χ0v) is 17.2. The van der Waals surface area contributed by atoms with Gasteiger partial charge < -0.3 is 9.84 Å². The Bertz CT molecular complexity index is 1110. The molecular formula is C26H21NO5. The number of ether oxygens (including phenoxy) is 1. The molecule has 0 heterocycles. The number of nitrogens with zero attached hydrogens (tertiary/aromatic N) is 1. The highest BCUT2D eigenvalue weighted by molar-refractivity contribution is 6.37. The van der Waals surface area contributed by atoms with E-state index in [1.54, 1.807) is 18.2 Å². The van der Waals surface area contributed by atoms with Crippen molar-refractivity contribution in [2.75, 3.05) is 6.61 Å². The number of aliphatic carboxylic acids is 1. The Hall–Kier alpha value is -4.24. The normalized spacial score (nSPS) is 10.7. The number of carboxylic acid groups (broad SMARTS) is 1. The summed E-state index contributed by atoms with van der Waals surface area (Å²) in [5.41, 5.74) is 0.826. The fraction of sp³-hybridized carbons (Fsp3) is 0.154. The molecule has 1 N–H and O–H groups in total. The van der Waals surface area contributed by atoms with Crippen molar-refractivity contribution in [3.63, 3.8) is 0 Å². The van der Waals surface area contributed by atoms with Crippen molar-refractivity contribution < 1.29 is 24.2 Å². The number of carbonyl (C=O) groups excluding carboxylic acids is 2. The van der Waals surface area contributed by atoms with Gasteiger partial charge >= 0.3 is 5.97 Å². The first-order valence-electron chi connectivity index (χ1n) is 10.0. The Morgan fingerprint density at radius 3 is 1.91 bits per heavy atom. The predicted molar refractivity (Wildman–Crippen MR) is 117 cm³/mol. The van der Waals surface area contributed by atoms with E-state index >= 15 is 0 Å². The third-order valence-electron chi connectivity index (χ3n) is 5.21. The first-order chi connectivity index (χ1) is 15.5. The molecule has 3 aromatic rings. The number of nitriles is 1. The van der Waals surface area contributed by atoms with E-state index in [2.05, 4.69) is 6.07 Å². The van der Waals surface area contributed by atoms with Gasteiger partial charge in [0.1, 0.15) is 11.2 Å². The SMILES string of the molecule is N#CC(CCOc1ccccc1C(=O)CC(=O)C(=O)O)(c1ccccc1)c1ccccc1. The Morgan fingerprint density at radius 2 is 1.38 bits per heavy atom. The molecule has 6 heteroatoms. The Morgan fingerprint density at radius 1 is 0.844 bits per heavy atom. The third kappa shape index (κ3) is 4.90. The van der Waals surface area contributed by atoms with Gasteiger partial charge in [-0.25, -0.2) is 4.79 Å².